The van der Waals surface area contributed by atoms with Crippen molar-refractivity contribution in [3.8, 4) is 0 Å². The van der Waals surface area contributed by atoms with E-state index in [9.17, 15) is 4.79 Å². The molecule has 0 bridgehead atoms. The maximum atomic E-state index is 11.5. The molecule has 0 aliphatic carbocycles. The highest BCUT2D eigenvalue weighted by Gasteiger charge is 2.21. The summed E-state index contributed by atoms with van der Waals surface area (Å²) in [5.74, 6) is -0.409. The highest BCUT2D eigenvalue weighted by Crippen LogP contribution is 2.22. The number of anilines is 1. The van der Waals surface area contributed by atoms with E-state index in [2.05, 4.69) is 35.6 Å². The largest absolute Gasteiger partial charge is 0.368 e. The van der Waals surface area contributed by atoms with Crippen molar-refractivity contribution in [1.82, 2.24) is 9.88 Å². The third-order valence-corrected chi connectivity index (χ3v) is 3.95. The number of hydrogen-bond acceptors (Lipinski definition) is 4. The second-order valence-corrected chi connectivity index (χ2v) is 6.90. The van der Waals surface area contributed by atoms with Gasteiger partial charge in [-0.15, -0.1) is 0 Å². The van der Waals surface area contributed by atoms with Crippen LogP contribution >= 0.6 is 0 Å². The quantitative estimate of drug-likeness (QED) is 0.917. The van der Waals surface area contributed by atoms with Crippen molar-refractivity contribution in [3.63, 3.8) is 0 Å². The lowest BCUT2D eigenvalue weighted by molar-refractivity contribution is 0.1000. The molecule has 2 N–H and O–H groups in total. The fourth-order valence-electron chi connectivity index (χ4n) is 2.56. The van der Waals surface area contributed by atoms with Gasteiger partial charge in [0.15, 0.2) is 0 Å². The molecule has 5 heteroatoms. The molecule has 21 heavy (non-hydrogen) atoms. The molecule has 1 fully saturated rings. The maximum absolute atomic E-state index is 11.5. The number of carbonyl (C=O) groups is 1. The first kappa shape index (κ1) is 15.8. The van der Waals surface area contributed by atoms with Crippen LogP contribution in [0.5, 0.6) is 0 Å². The molecule has 116 valence electrons. The molecule has 1 aromatic heterocycles. The van der Waals surface area contributed by atoms with Gasteiger partial charge >= 0.3 is 0 Å². The average Bonchev–Trinajstić information content (AvgIpc) is 2.45. The van der Waals surface area contributed by atoms with Gasteiger partial charge < -0.3 is 10.6 Å². The monoisotopic (exact) mass is 290 g/mol. The lowest BCUT2D eigenvalue weighted by Gasteiger charge is -2.37. The van der Waals surface area contributed by atoms with Crippen LogP contribution in [-0.2, 0) is 0 Å². The van der Waals surface area contributed by atoms with Crippen molar-refractivity contribution in [3.05, 3.63) is 24.0 Å². The molecule has 0 unspecified atom stereocenters. The normalized spacial score (nSPS) is 17.0. The minimum absolute atomic E-state index is 0.376. The topological polar surface area (TPSA) is 62.5 Å². The van der Waals surface area contributed by atoms with Gasteiger partial charge in [-0.3, -0.25) is 14.7 Å². The SMILES string of the molecule is CC(C)(C)CCN1CCN(c2ccncc2C(N)=O)CC1. The Morgan fingerprint density at radius 1 is 1.29 bits per heavy atom. The minimum Gasteiger partial charge on any atom is -0.368 e. The Morgan fingerprint density at radius 3 is 2.52 bits per heavy atom. The van der Waals surface area contributed by atoms with Crippen LogP contribution in [0.25, 0.3) is 0 Å². The van der Waals surface area contributed by atoms with Gasteiger partial charge in [0, 0.05) is 38.6 Å². The predicted molar refractivity (Wildman–Crippen MR) is 85.5 cm³/mol. The molecule has 0 aromatic carbocycles. The minimum atomic E-state index is -0.409. The van der Waals surface area contributed by atoms with Gasteiger partial charge in [-0.05, 0) is 24.4 Å². The molecule has 2 rings (SSSR count). The van der Waals surface area contributed by atoms with E-state index >= 15 is 0 Å². The number of amides is 1. The summed E-state index contributed by atoms with van der Waals surface area (Å²) in [6.07, 6.45) is 4.48. The number of piperazine rings is 1. The summed E-state index contributed by atoms with van der Waals surface area (Å²) in [6.45, 7) is 11.9. The molecule has 1 aromatic rings. The summed E-state index contributed by atoms with van der Waals surface area (Å²) in [6, 6.07) is 1.88. The zero-order valence-corrected chi connectivity index (χ0v) is 13.3. The van der Waals surface area contributed by atoms with Crippen molar-refractivity contribution in [1.29, 1.82) is 0 Å². The van der Waals surface area contributed by atoms with Crippen molar-refractivity contribution < 1.29 is 4.79 Å². The second-order valence-electron chi connectivity index (χ2n) is 6.90. The van der Waals surface area contributed by atoms with Crippen molar-refractivity contribution in [2.24, 2.45) is 11.1 Å². The number of aromatic nitrogens is 1. The van der Waals surface area contributed by atoms with Crippen LogP contribution in [0.2, 0.25) is 0 Å². The first-order chi connectivity index (χ1) is 9.87. The highest BCUT2D eigenvalue weighted by molar-refractivity contribution is 5.98. The molecular weight excluding hydrogens is 264 g/mol. The highest BCUT2D eigenvalue weighted by atomic mass is 16.1. The molecular formula is C16H26N4O. The van der Waals surface area contributed by atoms with Crippen LogP contribution in [-0.4, -0.2) is 48.5 Å². The molecule has 1 amide bonds. The lowest BCUT2D eigenvalue weighted by Crippen LogP contribution is -2.47. The molecule has 1 aliphatic heterocycles. The van der Waals surface area contributed by atoms with Crippen LogP contribution in [0, 0.1) is 5.41 Å². The third-order valence-electron chi connectivity index (χ3n) is 3.95. The van der Waals surface area contributed by atoms with Crippen LogP contribution in [0.3, 0.4) is 0 Å². The number of nitrogens with two attached hydrogens (primary N) is 1. The Hall–Kier alpha value is -1.62. The van der Waals surface area contributed by atoms with E-state index in [1.54, 1.807) is 12.4 Å². The number of rotatable bonds is 4. The Balaban J connectivity index is 1.94. The number of primary amides is 1. The van der Waals surface area contributed by atoms with E-state index in [0.29, 0.717) is 11.0 Å². The van der Waals surface area contributed by atoms with E-state index in [1.807, 2.05) is 6.07 Å². The maximum Gasteiger partial charge on any atom is 0.252 e. The summed E-state index contributed by atoms with van der Waals surface area (Å²) in [4.78, 5) is 20.2. The van der Waals surface area contributed by atoms with Crippen LogP contribution in [0.15, 0.2) is 18.5 Å². The first-order valence-corrected chi connectivity index (χ1v) is 7.58. The number of nitrogens with zero attached hydrogens (tertiary/aromatic N) is 3. The first-order valence-electron chi connectivity index (χ1n) is 7.58. The molecule has 1 aliphatic rings. The van der Waals surface area contributed by atoms with Crippen molar-refractivity contribution >= 4 is 11.6 Å². The molecule has 5 nitrogen and oxygen atoms in total. The van der Waals surface area contributed by atoms with Crippen molar-refractivity contribution in [2.75, 3.05) is 37.6 Å². The predicted octanol–water partition coefficient (Wildman–Crippen LogP) is 1.74. The number of pyridine rings is 1. The van der Waals surface area contributed by atoms with Gasteiger partial charge in [-0.25, -0.2) is 0 Å². The van der Waals surface area contributed by atoms with Gasteiger partial charge in [0.2, 0.25) is 0 Å². The van der Waals surface area contributed by atoms with Crippen molar-refractivity contribution in [2.45, 2.75) is 27.2 Å². The fourth-order valence-corrected chi connectivity index (χ4v) is 2.56. The molecule has 2 heterocycles. The van der Waals surface area contributed by atoms with E-state index in [-0.39, 0.29) is 0 Å². The van der Waals surface area contributed by atoms with Crippen LogP contribution in [0.4, 0.5) is 5.69 Å². The van der Waals surface area contributed by atoms with Gasteiger partial charge in [-0.2, -0.15) is 0 Å². The van der Waals surface area contributed by atoms with Crippen LogP contribution < -0.4 is 10.6 Å². The van der Waals surface area contributed by atoms with E-state index in [4.69, 9.17) is 5.73 Å². The summed E-state index contributed by atoms with van der Waals surface area (Å²) in [5, 5.41) is 0. The fraction of sp³-hybridized carbons (Fsp3) is 0.625. The van der Waals surface area contributed by atoms with Gasteiger partial charge in [0.25, 0.3) is 5.91 Å². The summed E-state index contributed by atoms with van der Waals surface area (Å²) in [7, 11) is 0. The van der Waals surface area contributed by atoms with Gasteiger partial charge in [-0.1, -0.05) is 20.8 Å². The number of carbonyl (C=O) groups excluding carboxylic acids is 1. The molecule has 0 atom stereocenters. The van der Waals surface area contributed by atoms with E-state index < -0.39 is 5.91 Å². The summed E-state index contributed by atoms with van der Waals surface area (Å²) in [5.41, 5.74) is 7.23. The average molecular weight is 290 g/mol. The van der Waals surface area contributed by atoms with E-state index in [1.165, 1.54) is 6.42 Å². The van der Waals surface area contributed by atoms with E-state index in [0.717, 1.165) is 38.4 Å². The molecule has 0 saturated carbocycles. The Bertz CT molecular complexity index is 487. The molecule has 0 radical (unpaired) electrons. The summed E-state index contributed by atoms with van der Waals surface area (Å²) >= 11 is 0. The molecule has 1 saturated heterocycles. The lowest BCUT2D eigenvalue weighted by atomic mass is 9.92. The standard InChI is InChI=1S/C16H26N4O/c1-16(2,3)5-7-19-8-10-20(11-9-19)14-4-6-18-12-13(14)15(17)21/h4,6,12H,5,7-11H2,1-3H3,(H2,17,21). The Labute approximate surface area is 127 Å². The van der Waals surface area contributed by atoms with Gasteiger partial charge in [0.1, 0.15) is 0 Å². The Kier molecular flexibility index (Phi) is 4.83. The van der Waals surface area contributed by atoms with Crippen LogP contribution in [0.1, 0.15) is 37.6 Å². The molecule has 0 spiro atoms. The zero-order chi connectivity index (χ0) is 15.5. The summed E-state index contributed by atoms with van der Waals surface area (Å²) < 4.78 is 0. The second kappa shape index (κ2) is 6.43. The number of hydrogen-bond donors (Lipinski definition) is 1. The Morgan fingerprint density at radius 2 is 1.95 bits per heavy atom. The smallest absolute Gasteiger partial charge is 0.252 e. The third kappa shape index (κ3) is 4.43. The van der Waals surface area contributed by atoms with Gasteiger partial charge in [0.05, 0.1) is 11.3 Å². The zero-order valence-electron chi connectivity index (χ0n) is 13.3.